The van der Waals surface area contributed by atoms with Crippen LogP contribution in [0.5, 0.6) is 0 Å². The summed E-state index contributed by atoms with van der Waals surface area (Å²) in [7, 11) is 0. The Bertz CT molecular complexity index is 309. The molecule has 0 radical (unpaired) electrons. The average molecular weight is 301 g/mol. The third kappa shape index (κ3) is 4.39. The highest BCUT2D eigenvalue weighted by molar-refractivity contribution is 7.99. The van der Waals surface area contributed by atoms with Crippen LogP contribution in [-0.2, 0) is 4.79 Å². The second-order valence-corrected chi connectivity index (χ2v) is 7.89. The molecule has 2 N–H and O–H groups in total. The normalized spacial score (nSPS) is 27.9. The number of rotatable bonds is 9. The van der Waals surface area contributed by atoms with Crippen LogP contribution in [0.4, 0.5) is 0 Å². The van der Waals surface area contributed by atoms with Gasteiger partial charge in [0.05, 0.1) is 0 Å². The molecule has 1 fully saturated rings. The minimum absolute atomic E-state index is 0.290. The van der Waals surface area contributed by atoms with Crippen molar-refractivity contribution in [2.24, 2.45) is 11.8 Å². The van der Waals surface area contributed by atoms with Crippen LogP contribution in [0.25, 0.3) is 0 Å². The molecule has 1 aliphatic rings. The van der Waals surface area contributed by atoms with Crippen LogP contribution < -0.4 is 5.32 Å². The zero-order valence-corrected chi connectivity index (χ0v) is 14.3. The molecule has 0 aliphatic heterocycles. The van der Waals surface area contributed by atoms with Gasteiger partial charge < -0.3 is 10.4 Å². The Labute approximate surface area is 128 Å². The van der Waals surface area contributed by atoms with Gasteiger partial charge >= 0.3 is 5.97 Å². The largest absolute Gasteiger partial charge is 0.480 e. The SMILES string of the molecule is CCCNC1(C(=O)O)CCCC1CCSC(C)C(C)C. The van der Waals surface area contributed by atoms with Crippen LogP contribution in [0.3, 0.4) is 0 Å². The fraction of sp³-hybridized carbons (Fsp3) is 0.938. The molecule has 0 aromatic carbocycles. The zero-order chi connectivity index (χ0) is 15.2. The Balaban J connectivity index is 2.55. The van der Waals surface area contributed by atoms with E-state index in [2.05, 4.69) is 33.0 Å². The van der Waals surface area contributed by atoms with Gasteiger partial charge in [0.15, 0.2) is 0 Å². The molecule has 3 nitrogen and oxygen atoms in total. The predicted octanol–water partition coefficient (Wildman–Crippen LogP) is 3.78. The van der Waals surface area contributed by atoms with Gasteiger partial charge in [0.1, 0.15) is 5.54 Å². The maximum Gasteiger partial charge on any atom is 0.324 e. The summed E-state index contributed by atoms with van der Waals surface area (Å²) in [4.78, 5) is 11.8. The highest BCUT2D eigenvalue weighted by Crippen LogP contribution is 2.39. The van der Waals surface area contributed by atoms with Crippen molar-refractivity contribution in [3.8, 4) is 0 Å². The van der Waals surface area contributed by atoms with Gasteiger partial charge in [-0.25, -0.2) is 0 Å². The molecule has 3 unspecified atom stereocenters. The first-order valence-electron chi connectivity index (χ1n) is 8.04. The first-order valence-corrected chi connectivity index (χ1v) is 9.09. The second kappa shape index (κ2) is 8.28. The fourth-order valence-electron chi connectivity index (χ4n) is 3.00. The van der Waals surface area contributed by atoms with E-state index in [1.807, 2.05) is 11.8 Å². The van der Waals surface area contributed by atoms with E-state index in [-0.39, 0.29) is 0 Å². The van der Waals surface area contributed by atoms with Crippen molar-refractivity contribution in [3.63, 3.8) is 0 Å². The molecule has 1 saturated carbocycles. The quantitative estimate of drug-likeness (QED) is 0.680. The molecule has 4 heteroatoms. The van der Waals surface area contributed by atoms with Gasteiger partial charge in [-0.05, 0) is 49.8 Å². The van der Waals surface area contributed by atoms with Crippen molar-refractivity contribution < 1.29 is 9.90 Å². The minimum Gasteiger partial charge on any atom is -0.480 e. The van der Waals surface area contributed by atoms with Crippen molar-refractivity contribution in [2.75, 3.05) is 12.3 Å². The topological polar surface area (TPSA) is 49.3 Å². The van der Waals surface area contributed by atoms with E-state index in [1.54, 1.807) is 0 Å². The van der Waals surface area contributed by atoms with Crippen LogP contribution in [0.15, 0.2) is 0 Å². The summed E-state index contributed by atoms with van der Waals surface area (Å²) in [5.41, 5.74) is -0.655. The number of nitrogens with one attached hydrogen (secondary N) is 1. The lowest BCUT2D eigenvalue weighted by Gasteiger charge is -2.33. The predicted molar refractivity (Wildman–Crippen MR) is 87.4 cm³/mol. The maximum atomic E-state index is 11.8. The molecular weight excluding hydrogens is 270 g/mol. The van der Waals surface area contributed by atoms with E-state index in [0.717, 1.165) is 44.4 Å². The molecule has 20 heavy (non-hydrogen) atoms. The molecular formula is C16H31NO2S. The molecule has 0 aromatic rings. The first-order chi connectivity index (χ1) is 9.44. The van der Waals surface area contributed by atoms with Gasteiger partial charge in [-0.3, -0.25) is 4.79 Å². The lowest BCUT2D eigenvalue weighted by molar-refractivity contribution is -0.146. The minimum atomic E-state index is -0.655. The Morgan fingerprint density at radius 3 is 2.70 bits per heavy atom. The van der Waals surface area contributed by atoms with Gasteiger partial charge in [0.25, 0.3) is 0 Å². The van der Waals surface area contributed by atoms with E-state index in [4.69, 9.17) is 0 Å². The van der Waals surface area contributed by atoms with Crippen LogP contribution >= 0.6 is 11.8 Å². The second-order valence-electron chi connectivity index (χ2n) is 6.40. The van der Waals surface area contributed by atoms with Crippen LogP contribution in [0.2, 0.25) is 0 Å². The summed E-state index contributed by atoms with van der Waals surface area (Å²) in [5, 5.41) is 13.7. The highest BCUT2D eigenvalue weighted by Gasteiger charge is 2.48. The molecule has 0 saturated heterocycles. The molecule has 0 aromatic heterocycles. The van der Waals surface area contributed by atoms with E-state index in [0.29, 0.717) is 17.1 Å². The molecule has 0 amide bonds. The van der Waals surface area contributed by atoms with Gasteiger partial charge in [0.2, 0.25) is 0 Å². The monoisotopic (exact) mass is 301 g/mol. The number of carboxylic acid groups (broad SMARTS) is 1. The Morgan fingerprint density at radius 2 is 2.15 bits per heavy atom. The molecule has 118 valence electrons. The number of carbonyl (C=O) groups is 1. The molecule has 0 heterocycles. The van der Waals surface area contributed by atoms with Crippen LogP contribution in [0, 0.1) is 11.8 Å². The number of hydrogen-bond acceptors (Lipinski definition) is 3. The van der Waals surface area contributed by atoms with E-state index in [9.17, 15) is 9.90 Å². The van der Waals surface area contributed by atoms with Crippen molar-refractivity contribution in [1.82, 2.24) is 5.32 Å². The van der Waals surface area contributed by atoms with Crippen LogP contribution in [0.1, 0.15) is 59.8 Å². The molecule has 1 rings (SSSR count). The van der Waals surface area contributed by atoms with Gasteiger partial charge in [0, 0.05) is 5.25 Å². The highest BCUT2D eigenvalue weighted by atomic mass is 32.2. The van der Waals surface area contributed by atoms with Gasteiger partial charge in [-0.1, -0.05) is 34.1 Å². The summed E-state index contributed by atoms with van der Waals surface area (Å²) in [6.45, 7) is 9.66. The Hall–Kier alpha value is -0.220. The molecule has 3 atom stereocenters. The molecule has 0 spiro atoms. The Kier molecular flexibility index (Phi) is 7.38. The van der Waals surface area contributed by atoms with Crippen molar-refractivity contribution >= 4 is 17.7 Å². The van der Waals surface area contributed by atoms with E-state index in [1.165, 1.54) is 0 Å². The number of aliphatic carboxylic acids is 1. The summed E-state index contributed by atoms with van der Waals surface area (Å²) in [6, 6.07) is 0. The van der Waals surface area contributed by atoms with Crippen molar-refractivity contribution in [2.45, 2.75) is 70.6 Å². The van der Waals surface area contributed by atoms with Crippen molar-refractivity contribution in [3.05, 3.63) is 0 Å². The zero-order valence-electron chi connectivity index (χ0n) is 13.4. The standard InChI is InChI=1S/C16H31NO2S/c1-5-10-17-16(15(18)19)9-6-7-14(16)8-11-20-13(4)12(2)3/h12-14,17H,5-11H2,1-4H3,(H,18,19). The number of thioether (sulfide) groups is 1. The fourth-order valence-corrected chi connectivity index (χ4v) is 4.17. The first kappa shape index (κ1) is 17.8. The van der Waals surface area contributed by atoms with E-state index >= 15 is 0 Å². The van der Waals surface area contributed by atoms with Gasteiger partial charge in [-0.2, -0.15) is 11.8 Å². The smallest absolute Gasteiger partial charge is 0.324 e. The van der Waals surface area contributed by atoms with Gasteiger partial charge in [-0.15, -0.1) is 0 Å². The summed E-state index contributed by atoms with van der Waals surface area (Å²) >= 11 is 1.99. The number of hydrogen-bond donors (Lipinski definition) is 2. The summed E-state index contributed by atoms with van der Waals surface area (Å²) in [5.74, 6) is 1.41. The third-order valence-corrected chi connectivity index (χ3v) is 6.22. The Morgan fingerprint density at radius 1 is 1.45 bits per heavy atom. The molecule has 1 aliphatic carbocycles. The average Bonchev–Trinajstić information content (AvgIpc) is 2.80. The summed E-state index contributed by atoms with van der Waals surface area (Å²) in [6.07, 6.45) is 4.89. The molecule has 0 bridgehead atoms. The van der Waals surface area contributed by atoms with Crippen molar-refractivity contribution in [1.29, 1.82) is 0 Å². The lowest BCUT2D eigenvalue weighted by atomic mass is 9.85. The maximum absolute atomic E-state index is 11.8. The third-order valence-electron chi connectivity index (χ3n) is 4.68. The lowest BCUT2D eigenvalue weighted by Crippen LogP contribution is -2.55. The van der Waals surface area contributed by atoms with Crippen LogP contribution in [-0.4, -0.2) is 34.2 Å². The summed E-state index contributed by atoms with van der Waals surface area (Å²) < 4.78 is 0. The van der Waals surface area contributed by atoms with E-state index < -0.39 is 11.5 Å². The number of carboxylic acids is 1.